The lowest BCUT2D eigenvalue weighted by atomic mass is 9.93. The van der Waals surface area contributed by atoms with E-state index in [1.54, 1.807) is 6.92 Å². The molecule has 0 aromatic carbocycles. The number of hydrogen-bond donors (Lipinski definition) is 0. The monoisotopic (exact) mass is 196 g/mol. The van der Waals surface area contributed by atoms with Gasteiger partial charge in [-0.15, -0.1) is 10.2 Å². The lowest BCUT2D eigenvalue weighted by molar-refractivity contribution is 0.404. The van der Waals surface area contributed by atoms with Gasteiger partial charge < -0.3 is 4.42 Å². The van der Waals surface area contributed by atoms with E-state index in [1.807, 2.05) is 46.8 Å². The van der Waals surface area contributed by atoms with Gasteiger partial charge in [0.1, 0.15) is 0 Å². The third-order valence-corrected chi connectivity index (χ3v) is 1.66. The molecule has 0 atom stereocenters. The van der Waals surface area contributed by atoms with Gasteiger partial charge in [0, 0.05) is 6.92 Å². The van der Waals surface area contributed by atoms with Gasteiger partial charge in [-0.3, -0.25) is 0 Å². The van der Waals surface area contributed by atoms with E-state index in [0.717, 1.165) is 0 Å². The molecule has 80 valence electrons. The number of rotatable bonds is 2. The minimum atomic E-state index is -0.157. The summed E-state index contributed by atoms with van der Waals surface area (Å²) in [5.74, 6) is 1.28. The molecule has 0 spiro atoms. The lowest BCUT2D eigenvalue weighted by Crippen LogP contribution is -2.13. The smallest absolute Gasteiger partial charge is 0.225 e. The molecular formula is C11H20N2O. The Hall–Kier alpha value is -1.12. The Morgan fingerprint density at radius 2 is 1.79 bits per heavy atom. The Morgan fingerprint density at radius 3 is 2.14 bits per heavy atom. The summed E-state index contributed by atoms with van der Waals surface area (Å²) in [6, 6.07) is 0. The summed E-state index contributed by atoms with van der Waals surface area (Å²) >= 11 is 0. The molecule has 1 aromatic rings. The number of hydrogen-bond acceptors (Lipinski definition) is 3. The van der Waals surface area contributed by atoms with Crippen molar-refractivity contribution in [3.05, 3.63) is 23.9 Å². The minimum absolute atomic E-state index is 0.157. The third-order valence-electron chi connectivity index (χ3n) is 1.66. The summed E-state index contributed by atoms with van der Waals surface area (Å²) in [5.41, 5.74) is -0.157. The highest BCUT2D eigenvalue weighted by Crippen LogP contribution is 2.22. The van der Waals surface area contributed by atoms with Crippen molar-refractivity contribution in [2.75, 3.05) is 0 Å². The lowest BCUT2D eigenvalue weighted by Gasteiger charge is -2.13. The van der Waals surface area contributed by atoms with Crippen LogP contribution in [0.3, 0.4) is 0 Å². The fraction of sp³-hybridized carbons (Fsp3) is 0.636. The number of aromatic nitrogens is 2. The molecule has 0 amide bonds. The Labute approximate surface area is 86.2 Å². The van der Waals surface area contributed by atoms with Crippen molar-refractivity contribution in [1.29, 1.82) is 0 Å². The Balaban J connectivity index is 0.000000791. The quantitative estimate of drug-likeness (QED) is 0.681. The van der Waals surface area contributed by atoms with Crippen LogP contribution in [0.15, 0.2) is 16.6 Å². The molecule has 0 radical (unpaired) electrons. The number of allylic oxidation sites excluding steroid dienone is 2. The van der Waals surface area contributed by atoms with Crippen LogP contribution in [0.2, 0.25) is 0 Å². The largest absolute Gasteiger partial charge is 0.425 e. The van der Waals surface area contributed by atoms with Crippen molar-refractivity contribution >= 4 is 0 Å². The second kappa shape index (κ2) is 5.58. The molecule has 0 saturated carbocycles. The summed E-state index contributed by atoms with van der Waals surface area (Å²) in [7, 11) is 0. The molecule has 3 heteroatoms. The van der Waals surface area contributed by atoms with Crippen LogP contribution in [0, 0.1) is 6.92 Å². The molecule has 0 aliphatic rings. The average molecular weight is 196 g/mol. The Kier molecular flexibility index (Phi) is 5.13. The van der Waals surface area contributed by atoms with Crippen LogP contribution in [0.25, 0.3) is 0 Å². The first kappa shape index (κ1) is 12.9. The van der Waals surface area contributed by atoms with E-state index in [4.69, 9.17) is 4.42 Å². The van der Waals surface area contributed by atoms with Crippen LogP contribution in [0.1, 0.15) is 46.4 Å². The van der Waals surface area contributed by atoms with Crippen LogP contribution >= 0.6 is 0 Å². The normalized spacial score (nSPS) is 11.3. The predicted molar refractivity (Wildman–Crippen MR) is 58.2 cm³/mol. The molecule has 1 rings (SSSR count). The Morgan fingerprint density at radius 1 is 1.21 bits per heavy atom. The molecule has 0 aliphatic carbocycles. The highest BCUT2D eigenvalue weighted by molar-refractivity contribution is 5.11. The van der Waals surface area contributed by atoms with E-state index in [-0.39, 0.29) is 5.41 Å². The van der Waals surface area contributed by atoms with Crippen LogP contribution in [0.4, 0.5) is 0 Å². The summed E-state index contributed by atoms with van der Waals surface area (Å²) in [5, 5.41) is 7.75. The molecule has 3 nitrogen and oxygen atoms in total. The fourth-order valence-corrected chi connectivity index (χ4v) is 1.04. The van der Waals surface area contributed by atoms with E-state index in [2.05, 4.69) is 10.2 Å². The minimum Gasteiger partial charge on any atom is -0.425 e. The average Bonchev–Trinajstić information content (AvgIpc) is 2.56. The molecule has 1 heterocycles. The van der Waals surface area contributed by atoms with Gasteiger partial charge in [0.15, 0.2) is 0 Å². The van der Waals surface area contributed by atoms with Gasteiger partial charge >= 0.3 is 0 Å². The molecule has 0 fully saturated rings. The molecule has 0 aliphatic heterocycles. The van der Waals surface area contributed by atoms with Crippen molar-refractivity contribution < 1.29 is 4.42 Å². The summed E-state index contributed by atoms with van der Waals surface area (Å²) < 4.78 is 5.33. The van der Waals surface area contributed by atoms with Gasteiger partial charge in [0.2, 0.25) is 11.8 Å². The molecular weight excluding hydrogens is 176 g/mol. The van der Waals surface area contributed by atoms with E-state index in [1.165, 1.54) is 0 Å². The predicted octanol–water partition coefficient (Wildman–Crippen LogP) is 3.26. The maximum atomic E-state index is 5.33. The van der Waals surface area contributed by atoms with E-state index >= 15 is 0 Å². The highest BCUT2D eigenvalue weighted by Gasteiger charge is 2.22. The first-order chi connectivity index (χ1) is 6.56. The van der Waals surface area contributed by atoms with E-state index < -0.39 is 0 Å². The van der Waals surface area contributed by atoms with E-state index in [0.29, 0.717) is 11.8 Å². The van der Waals surface area contributed by atoms with Gasteiger partial charge in [-0.25, -0.2) is 0 Å². The van der Waals surface area contributed by atoms with Crippen molar-refractivity contribution in [2.45, 2.75) is 47.0 Å². The van der Waals surface area contributed by atoms with Crippen molar-refractivity contribution in [1.82, 2.24) is 10.2 Å². The first-order valence-corrected chi connectivity index (χ1v) is 5.00. The van der Waals surface area contributed by atoms with Crippen LogP contribution in [0.5, 0.6) is 0 Å². The number of aryl methyl sites for hydroxylation is 1. The van der Waals surface area contributed by atoms with Gasteiger partial charge in [0.25, 0.3) is 0 Å². The maximum absolute atomic E-state index is 5.33. The zero-order valence-corrected chi connectivity index (χ0v) is 9.96. The van der Waals surface area contributed by atoms with E-state index in [9.17, 15) is 0 Å². The molecule has 14 heavy (non-hydrogen) atoms. The molecule has 1 aromatic heterocycles. The number of nitrogens with zero attached hydrogens (tertiary/aromatic N) is 2. The molecule has 0 bridgehead atoms. The first-order valence-electron chi connectivity index (χ1n) is 5.00. The van der Waals surface area contributed by atoms with Gasteiger partial charge in [-0.1, -0.05) is 26.0 Å². The molecule has 0 saturated heterocycles. The zero-order valence-electron chi connectivity index (χ0n) is 9.96. The highest BCUT2D eigenvalue weighted by atomic mass is 16.4. The summed E-state index contributed by atoms with van der Waals surface area (Å²) in [6.45, 7) is 11.9. The van der Waals surface area contributed by atoms with Crippen molar-refractivity contribution in [3.63, 3.8) is 0 Å². The SMILES string of the molecule is C/C=C/C(C)(C)c1nnc(C)o1.CC. The topological polar surface area (TPSA) is 38.9 Å². The second-order valence-corrected chi connectivity index (χ2v) is 3.35. The van der Waals surface area contributed by atoms with Crippen LogP contribution in [-0.2, 0) is 5.41 Å². The van der Waals surface area contributed by atoms with Gasteiger partial charge in [-0.2, -0.15) is 0 Å². The van der Waals surface area contributed by atoms with Gasteiger partial charge in [0.05, 0.1) is 5.41 Å². The standard InChI is InChI=1S/C9H14N2O.C2H6/c1-5-6-9(3,4)8-11-10-7(2)12-8;1-2/h5-6H,1-4H3;1-2H3/b6-5+;. The van der Waals surface area contributed by atoms with Crippen molar-refractivity contribution in [2.24, 2.45) is 0 Å². The maximum Gasteiger partial charge on any atom is 0.225 e. The third kappa shape index (κ3) is 3.32. The van der Waals surface area contributed by atoms with Crippen LogP contribution < -0.4 is 0 Å². The van der Waals surface area contributed by atoms with Gasteiger partial charge in [-0.05, 0) is 20.8 Å². The molecule has 0 unspecified atom stereocenters. The summed E-state index contributed by atoms with van der Waals surface area (Å²) in [6.07, 6.45) is 4.03. The molecule has 0 N–H and O–H groups in total. The Bertz CT molecular complexity index is 287. The van der Waals surface area contributed by atoms with Crippen molar-refractivity contribution in [3.8, 4) is 0 Å². The zero-order chi connectivity index (χ0) is 11.2. The van der Waals surface area contributed by atoms with Crippen LogP contribution in [-0.4, -0.2) is 10.2 Å². The fourth-order valence-electron chi connectivity index (χ4n) is 1.04. The summed E-state index contributed by atoms with van der Waals surface area (Å²) in [4.78, 5) is 0. The second-order valence-electron chi connectivity index (χ2n) is 3.35.